The van der Waals surface area contributed by atoms with E-state index >= 15 is 0 Å². The lowest BCUT2D eigenvalue weighted by Crippen LogP contribution is -2.04. The number of fused-ring (bicyclic) bond motifs is 5. The van der Waals surface area contributed by atoms with Gasteiger partial charge in [-0.2, -0.15) is 0 Å². The van der Waals surface area contributed by atoms with E-state index in [2.05, 4.69) is 52.1 Å². The molecule has 0 radical (unpaired) electrons. The van der Waals surface area contributed by atoms with E-state index in [1.54, 1.807) is 0 Å². The number of benzene rings is 1. The number of aryl methyl sites for hydroxylation is 1. The summed E-state index contributed by atoms with van der Waals surface area (Å²) in [5, 5.41) is 8.23. The minimum absolute atomic E-state index is 0.815. The van der Waals surface area contributed by atoms with Crippen LogP contribution in [0.25, 0.3) is 16.9 Å². The number of hydrogen-bond acceptors (Lipinski definition) is 2. The Morgan fingerprint density at radius 1 is 1.11 bits per heavy atom. The minimum atomic E-state index is 0.815. The van der Waals surface area contributed by atoms with Crippen molar-refractivity contribution in [2.45, 2.75) is 13.5 Å². The van der Waals surface area contributed by atoms with Crippen LogP contribution >= 0.6 is 0 Å². The van der Waals surface area contributed by atoms with Gasteiger partial charge in [0, 0.05) is 11.3 Å². The third-order valence-electron chi connectivity index (χ3n) is 3.55. The maximum atomic E-state index is 4.20. The van der Waals surface area contributed by atoms with Crippen molar-refractivity contribution in [3.05, 3.63) is 54.0 Å². The molecule has 4 heteroatoms. The van der Waals surface area contributed by atoms with Gasteiger partial charge in [-0.05, 0) is 25.1 Å². The first kappa shape index (κ1) is 9.65. The second-order valence-corrected chi connectivity index (χ2v) is 4.60. The zero-order chi connectivity index (χ0) is 12.1. The molecule has 2 aromatic heterocycles. The highest BCUT2D eigenvalue weighted by Gasteiger charge is 2.20. The molecule has 0 saturated carbocycles. The number of hydrogen-bond donors (Lipinski definition) is 0. The van der Waals surface area contributed by atoms with Crippen molar-refractivity contribution in [3.63, 3.8) is 0 Å². The summed E-state index contributed by atoms with van der Waals surface area (Å²) >= 11 is 0. The van der Waals surface area contributed by atoms with Crippen LogP contribution in [0.3, 0.4) is 0 Å². The lowest BCUT2D eigenvalue weighted by molar-refractivity contribution is 0.717. The quantitative estimate of drug-likeness (QED) is 0.470. The average molecular weight is 236 g/mol. The van der Waals surface area contributed by atoms with Gasteiger partial charge < -0.3 is 4.57 Å². The second kappa shape index (κ2) is 3.32. The topological polar surface area (TPSA) is 35.6 Å². The molecular formula is C14H12N4. The molecule has 0 aliphatic carbocycles. The van der Waals surface area contributed by atoms with Crippen molar-refractivity contribution < 1.29 is 0 Å². The van der Waals surface area contributed by atoms with E-state index in [4.69, 9.17) is 0 Å². The highest BCUT2D eigenvalue weighted by atomic mass is 15.4. The van der Waals surface area contributed by atoms with Gasteiger partial charge in [0.2, 0.25) is 0 Å². The van der Waals surface area contributed by atoms with Gasteiger partial charge in [-0.15, -0.1) is 5.10 Å². The van der Waals surface area contributed by atoms with Gasteiger partial charge in [0.1, 0.15) is 0 Å². The van der Waals surface area contributed by atoms with E-state index in [1.807, 2.05) is 16.9 Å². The molecule has 0 bridgehead atoms. The molecule has 0 spiro atoms. The van der Waals surface area contributed by atoms with Crippen LogP contribution in [0.1, 0.15) is 11.4 Å². The molecule has 0 atom stereocenters. The number of nitrogens with zero attached hydrogens (tertiary/aromatic N) is 4. The Morgan fingerprint density at radius 2 is 2.00 bits per heavy atom. The van der Waals surface area contributed by atoms with Gasteiger partial charge in [-0.25, -0.2) is 4.68 Å². The van der Waals surface area contributed by atoms with E-state index in [-0.39, 0.29) is 0 Å². The number of aromatic nitrogens is 4. The third kappa shape index (κ3) is 1.14. The summed E-state index contributed by atoms with van der Waals surface area (Å²) in [6.45, 7) is 2.95. The molecule has 0 saturated heterocycles. The third-order valence-corrected chi connectivity index (χ3v) is 3.55. The fraction of sp³-hybridized carbons (Fsp3) is 0.143. The lowest BCUT2D eigenvalue weighted by Gasteiger charge is -2.08. The van der Waals surface area contributed by atoms with Gasteiger partial charge in [-0.1, -0.05) is 23.4 Å². The molecule has 4 rings (SSSR count). The van der Waals surface area contributed by atoms with Gasteiger partial charge in [0.25, 0.3) is 0 Å². The molecule has 4 nitrogen and oxygen atoms in total. The lowest BCUT2D eigenvalue weighted by atomic mass is 10.1. The Bertz CT molecular complexity index is 736. The highest BCUT2D eigenvalue weighted by molar-refractivity contribution is 5.72. The van der Waals surface area contributed by atoms with Crippen molar-refractivity contribution in [2.24, 2.45) is 0 Å². The van der Waals surface area contributed by atoms with Crippen molar-refractivity contribution in [1.29, 1.82) is 0 Å². The molecule has 0 unspecified atom stereocenters. The first-order valence-electron chi connectivity index (χ1n) is 6.00. The maximum absolute atomic E-state index is 4.20. The first-order valence-corrected chi connectivity index (χ1v) is 6.00. The fourth-order valence-electron chi connectivity index (χ4n) is 2.62. The molecule has 3 aromatic rings. The number of para-hydroxylation sites is 1. The first-order chi connectivity index (χ1) is 8.84. The van der Waals surface area contributed by atoms with E-state index in [1.165, 1.54) is 17.0 Å². The second-order valence-electron chi connectivity index (χ2n) is 4.60. The summed E-state index contributed by atoms with van der Waals surface area (Å²) in [5.74, 6) is 0. The van der Waals surface area contributed by atoms with Crippen LogP contribution in [-0.2, 0) is 6.54 Å². The molecule has 1 aliphatic rings. The van der Waals surface area contributed by atoms with Crippen LogP contribution in [0.5, 0.6) is 0 Å². The van der Waals surface area contributed by atoms with Crippen LogP contribution in [0.4, 0.5) is 0 Å². The Hall–Kier alpha value is -2.36. The zero-order valence-electron chi connectivity index (χ0n) is 10.0. The summed E-state index contributed by atoms with van der Waals surface area (Å²) in [6, 6.07) is 12.7. The molecule has 3 heterocycles. The summed E-state index contributed by atoms with van der Waals surface area (Å²) in [7, 11) is 0. The van der Waals surface area contributed by atoms with Crippen molar-refractivity contribution in [2.75, 3.05) is 0 Å². The van der Waals surface area contributed by atoms with E-state index in [0.29, 0.717) is 0 Å². The zero-order valence-corrected chi connectivity index (χ0v) is 10.0. The van der Waals surface area contributed by atoms with Gasteiger partial charge >= 0.3 is 0 Å². The standard InChI is InChI=1S/C14H12N4/c1-10-6-7-13-12-4-2-3-5-14(12)18-11(8-15-16-18)9-17(10)13/h2-8H,9H2,1H3. The van der Waals surface area contributed by atoms with Crippen LogP contribution in [0.2, 0.25) is 0 Å². The maximum Gasteiger partial charge on any atom is 0.0843 e. The van der Waals surface area contributed by atoms with Gasteiger partial charge in [-0.3, -0.25) is 0 Å². The van der Waals surface area contributed by atoms with Crippen molar-refractivity contribution in [1.82, 2.24) is 19.6 Å². The van der Waals surface area contributed by atoms with Crippen LogP contribution in [0, 0.1) is 6.92 Å². The Morgan fingerprint density at radius 3 is 2.94 bits per heavy atom. The highest BCUT2D eigenvalue weighted by Crippen LogP contribution is 2.32. The van der Waals surface area contributed by atoms with Crippen molar-refractivity contribution >= 4 is 0 Å². The van der Waals surface area contributed by atoms with Crippen LogP contribution in [0.15, 0.2) is 42.6 Å². The SMILES string of the molecule is Cc1ccc2n1Cc1cnnn1-c1ccccc1-2. The smallest absolute Gasteiger partial charge is 0.0843 e. The molecule has 0 amide bonds. The number of rotatable bonds is 0. The van der Waals surface area contributed by atoms with Crippen LogP contribution in [-0.4, -0.2) is 19.6 Å². The van der Waals surface area contributed by atoms with E-state index in [0.717, 1.165) is 17.9 Å². The molecule has 0 fully saturated rings. The molecular weight excluding hydrogens is 224 g/mol. The summed E-state index contributed by atoms with van der Waals surface area (Å²) in [5.41, 5.74) is 5.92. The average Bonchev–Trinajstić information content (AvgIpc) is 2.96. The summed E-state index contributed by atoms with van der Waals surface area (Å²) in [4.78, 5) is 0. The van der Waals surface area contributed by atoms with E-state index in [9.17, 15) is 0 Å². The monoisotopic (exact) mass is 236 g/mol. The molecule has 18 heavy (non-hydrogen) atoms. The van der Waals surface area contributed by atoms with Gasteiger partial charge in [0.05, 0.1) is 29.8 Å². The predicted octanol–water partition coefficient (Wildman–Crippen LogP) is 2.41. The molecule has 1 aliphatic heterocycles. The summed E-state index contributed by atoms with van der Waals surface area (Å²) in [6.07, 6.45) is 1.84. The Labute approximate surface area is 104 Å². The Kier molecular flexibility index (Phi) is 1.78. The Balaban J connectivity index is 2.14. The van der Waals surface area contributed by atoms with Crippen molar-refractivity contribution in [3.8, 4) is 16.9 Å². The molecule has 1 aromatic carbocycles. The molecule has 0 N–H and O–H groups in total. The van der Waals surface area contributed by atoms with Gasteiger partial charge in [0.15, 0.2) is 0 Å². The fourth-order valence-corrected chi connectivity index (χ4v) is 2.62. The van der Waals surface area contributed by atoms with E-state index < -0.39 is 0 Å². The predicted molar refractivity (Wildman–Crippen MR) is 68.6 cm³/mol. The normalized spacial score (nSPS) is 12.5. The largest absolute Gasteiger partial charge is 0.339 e. The summed E-state index contributed by atoms with van der Waals surface area (Å²) < 4.78 is 4.24. The van der Waals surface area contributed by atoms with Crippen LogP contribution < -0.4 is 0 Å². The minimum Gasteiger partial charge on any atom is -0.339 e. The molecule has 88 valence electrons.